The number of piperidine rings is 1. The number of halogens is 1. The molecule has 1 aliphatic heterocycles. The van der Waals surface area contributed by atoms with Gasteiger partial charge in [-0.15, -0.1) is 0 Å². The number of likely N-dealkylation sites (tertiary alicyclic amines) is 1. The maximum atomic E-state index is 13.1. The topological polar surface area (TPSA) is 50.5 Å². The first-order chi connectivity index (χ1) is 12.5. The van der Waals surface area contributed by atoms with Crippen LogP contribution in [0.3, 0.4) is 0 Å². The van der Waals surface area contributed by atoms with Crippen LogP contribution in [0.4, 0.5) is 0 Å². The minimum atomic E-state index is -0.125. The van der Waals surface area contributed by atoms with E-state index >= 15 is 0 Å². The highest BCUT2D eigenvalue weighted by Crippen LogP contribution is 2.34. The van der Waals surface area contributed by atoms with Crippen LogP contribution in [-0.4, -0.2) is 38.5 Å². The van der Waals surface area contributed by atoms with Gasteiger partial charge >= 0.3 is 0 Å². The van der Waals surface area contributed by atoms with E-state index in [-0.39, 0.29) is 17.0 Å². The molecule has 0 spiro atoms. The Morgan fingerprint density at radius 1 is 1.27 bits per heavy atom. The highest BCUT2D eigenvalue weighted by atomic mass is 35.5. The maximum absolute atomic E-state index is 13.1. The van der Waals surface area contributed by atoms with E-state index in [0.717, 1.165) is 24.9 Å². The lowest BCUT2D eigenvalue weighted by Gasteiger charge is -2.40. The molecule has 4 rings (SSSR count). The van der Waals surface area contributed by atoms with Gasteiger partial charge in [-0.25, -0.2) is 9.50 Å². The number of hydrogen-bond donors (Lipinski definition) is 0. The van der Waals surface area contributed by atoms with Gasteiger partial charge in [0.15, 0.2) is 11.3 Å². The lowest BCUT2D eigenvalue weighted by Crippen LogP contribution is -2.47. The second-order valence-electron chi connectivity index (χ2n) is 7.32. The zero-order chi connectivity index (χ0) is 18.3. The fraction of sp³-hybridized carbons (Fsp3) is 0.350. The van der Waals surface area contributed by atoms with Crippen LogP contribution in [0.15, 0.2) is 42.7 Å². The molecule has 1 aliphatic rings. The number of benzene rings is 1. The Labute approximate surface area is 157 Å². The molecule has 1 saturated heterocycles. The molecule has 1 amide bonds. The summed E-state index contributed by atoms with van der Waals surface area (Å²) in [5.74, 6) is -0.125. The Kier molecular flexibility index (Phi) is 4.19. The van der Waals surface area contributed by atoms with Gasteiger partial charge in [-0.05, 0) is 30.9 Å². The van der Waals surface area contributed by atoms with E-state index in [4.69, 9.17) is 11.6 Å². The van der Waals surface area contributed by atoms with Crippen molar-refractivity contribution in [1.82, 2.24) is 19.5 Å². The molecule has 0 bridgehead atoms. The molecular formula is C20H21ClN4O. The fourth-order valence-corrected chi connectivity index (χ4v) is 4.03. The second-order valence-corrected chi connectivity index (χ2v) is 7.70. The van der Waals surface area contributed by atoms with Crippen molar-refractivity contribution in [3.05, 3.63) is 64.6 Å². The standard InChI is InChI=1S/C20H21ClN4O/c1-14-11-22-18-16(21)17(23-25(18)12-14)19(26)24-10-6-9-20(2,13-24)15-7-4-3-5-8-15/h3-5,7-8,11-12H,6,9-10,13H2,1-2H3/t20-/m1/s1. The van der Waals surface area contributed by atoms with Crippen LogP contribution in [0.5, 0.6) is 0 Å². The maximum Gasteiger partial charge on any atom is 0.276 e. The number of aryl methyl sites for hydroxylation is 1. The van der Waals surface area contributed by atoms with Crippen LogP contribution in [0.25, 0.3) is 5.65 Å². The third-order valence-corrected chi connectivity index (χ3v) is 5.55. The molecule has 6 heteroatoms. The molecule has 0 radical (unpaired) electrons. The second kappa shape index (κ2) is 6.40. The minimum Gasteiger partial charge on any atom is -0.336 e. The van der Waals surface area contributed by atoms with Crippen molar-refractivity contribution < 1.29 is 4.79 Å². The van der Waals surface area contributed by atoms with Crippen molar-refractivity contribution in [3.63, 3.8) is 0 Å². The van der Waals surface area contributed by atoms with Crippen molar-refractivity contribution in [2.24, 2.45) is 0 Å². The molecule has 0 N–H and O–H groups in total. The van der Waals surface area contributed by atoms with Gasteiger partial charge in [0, 0.05) is 30.9 Å². The fourth-order valence-electron chi connectivity index (χ4n) is 3.78. The molecule has 0 unspecified atom stereocenters. The van der Waals surface area contributed by atoms with Crippen LogP contribution in [0.2, 0.25) is 5.02 Å². The van der Waals surface area contributed by atoms with E-state index in [2.05, 4.69) is 29.1 Å². The highest BCUT2D eigenvalue weighted by molar-refractivity contribution is 6.36. The summed E-state index contributed by atoms with van der Waals surface area (Å²) in [6.45, 7) is 5.53. The Morgan fingerprint density at radius 2 is 2.04 bits per heavy atom. The number of carbonyl (C=O) groups is 1. The summed E-state index contributed by atoms with van der Waals surface area (Å²) in [6, 6.07) is 10.4. The lowest BCUT2D eigenvalue weighted by atomic mass is 9.76. The van der Waals surface area contributed by atoms with Crippen LogP contribution in [0.1, 0.15) is 41.4 Å². The molecule has 3 aromatic rings. The molecule has 5 nitrogen and oxygen atoms in total. The third kappa shape index (κ3) is 2.86. The summed E-state index contributed by atoms with van der Waals surface area (Å²) in [5.41, 5.74) is 2.96. The minimum absolute atomic E-state index is 0.0599. The van der Waals surface area contributed by atoms with E-state index in [0.29, 0.717) is 17.2 Å². The number of fused-ring (bicyclic) bond motifs is 1. The van der Waals surface area contributed by atoms with Gasteiger partial charge in [0.1, 0.15) is 5.02 Å². The van der Waals surface area contributed by atoms with E-state index in [9.17, 15) is 4.79 Å². The van der Waals surface area contributed by atoms with Gasteiger partial charge in [-0.1, -0.05) is 48.9 Å². The zero-order valence-electron chi connectivity index (χ0n) is 14.9. The molecule has 1 fully saturated rings. The summed E-state index contributed by atoms with van der Waals surface area (Å²) in [6.07, 6.45) is 5.57. The predicted molar refractivity (Wildman–Crippen MR) is 102 cm³/mol. The average molecular weight is 369 g/mol. The van der Waals surface area contributed by atoms with Crippen LogP contribution in [-0.2, 0) is 5.41 Å². The van der Waals surface area contributed by atoms with Gasteiger partial charge in [-0.3, -0.25) is 4.79 Å². The van der Waals surface area contributed by atoms with Gasteiger partial charge in [0.25, 0.3) is 5.91 Å². The quantitative estimate of drug-likeness (QED) is 0.689. The van der Waals surface area contributed by atoms with Crippen LogP contribution >= 0.6 is 11.6 Å². The number of amides is 1. The summed E-state index contributed by atoms with van der Waals surface area (Å²) in [7, 11) is 0. The van der Waals surface area contributed by atoms with Gasteiger partial charge in [-0.2, -0.15) is 5.10 Å². The first-order valence-corrected chi connectivity index (χ1v) is 9.21. The number of hydrogen-bond acceptors (Lipinski definition) is 3. The molecule has 1 aromatic carbocycles. The Bertz CT molecular complexity index is 969. The molecule has 26 heavy (non-hydrogen) atoms. The van der Waals surface area contributed by atoms with Gasteiger partial charge in [0.2, 0.25) is 0 Å². The van der Waals surface area contributed by atoms with Crippen LogP contribution < -0.4 is 0 Å². The molecule has 0 aliphatic carbocycles. The van der Waals surface area contributed by atoms with Crippen molar-refractivity contribution in [1.29, 1.82) is 0 Å². The van der Waals surface area contributed by atoms with Crippen molar-refractivity contribution in [2.75, 3.05) is 13.1 Å². The van der Waals surface area contributed by atoms with E-state index in [1.165, 1.54) is 5.56 Å². The summed E-state index contributed by atoms with van der Waals surface area (Å²) < 4.78 is 1.59. The molecular weight excluding hydrogens is 348 g/mol. The molecule has 2 aromatic heterocycles. The Morgan fingerprint density at radius 3 is 2.81 bits per heavy atom. The van der Waals surface area contributed by atoms with Gasteiger partial charge < -0.3 is 4.90 Å². The molecule has 134 valence electrons. The predicted octanol–water partition coefficient (Wildman–Crippen LogP) is 3.89. The highest BCUT2D eigenvalue weighted by Gasteiger charge is 2.36. The molecule has 1 atom stereocenters. The summed E-state index contributed by atoms with van der Waals surface area (Å²) in [5, 5.41) is 4.72. The number of aromatic nitrogens is 3. The van der Waals surface area contributed by atoms with Crippen molar-refractivity contribution in [2.45, 2.75) is 32.1 Å². The summed E-state index contributed by atoms with van der Waals surface area (Å²) in [4.78, 5) is 19.3. The third-order valence-electron chi connectivity index (χ3n) is 5.20. The van der Waals surface area contributed by atoms with Crippen LogP contribution in [0, 0.1) is 6.92 Å². The first-order valence-electron chi connectivity index (χ1n) is 8.83. The number of rotatable bonds is 2. The van der Waals surface area contributed by atoms with E-state index < -0.39 is 0 Å². The number of carbonyl (C=O) groups excluding carboxylic acids is 1. The molecule has 0 saturated carbocycles. The monoisotopic (exact) mass is 368 g/mol. The first kappa shape index (κ1) is 17.0. The zero-order valence-corrected chi connectivity index (χ0v) is 15.7. The SMILES string of the molecule is Cc1cnc2c(Cl)c(C(=O)N3CCC[C@@](C)(c4ccccc4)C3)nn2c1. The molecule has 3 heterocycles. The van der Waals surface area contributed by atoms with E-state index in [1.807, 2.05) is 36.2 Å². The smallest absolute Gasteiger partial charge is 0.276 e. The van der Waals surface area contributed by atoms with E-state index in [1.54, 1.807) is 10.7 Å². The lowest BCUT2D eigenvalue weighted by molar-refractivity contribution is 0.0645. The average Bonchev–Trinajstić information content (AvgIpc) is 2.97. The Balaban J connectivity index is 1.65. The largest absolute Gasteiger partial charge is 0.336 e. The summed E-state index contributed by atoms with van der Waals surface area (Å²) >= 11 is 6.42. The van der Waals surface area contributed by atoms with Crippen molar-refractivity contribution in [3.8, 4) is 0 Å². The van der Waals surface area contributed by atoms with Crippen molar-refractivity contribution >= 4 is 23.2 Å². The number of nitrogens with zero attached hydrogens (tertiary/aromatic N) is 4. The Hall–Kier alpha value is -2.40. The normalized spacial score (nSPS) is 20.5. The van der Waals surface area contributed by atoms with Gasteiger partial charge in [0.05, 0.1) is 0 Å².